The molecule has 3 aromatic rings. The summed E-state index contributed by atoms with van der Waals surface area (Å²) in [6, 6.07) is 19.5. The van der Waals surface area contributed by atoms with E-state index in [2.05, 4.69) is 18.3 Å². The molecule has 3 aromatic carbocycles. The van der Waals surface area contributed by atoms with E-state index in [0.717, 1.165) is 40.8 Å². The number of Topliss-reactive ketones (excluding diaryl/α,β-unsaturated/α-hetero) is 2. The molecule has 1 amide bonds. The first kappa shape index (κ1) is 27.5. The molecular formula is C35H35ClN2O3. The highest BCUT2D eigenvalue weighted by Crippen LogP contribution is 2.59. The molecule has 0 bridgehead atoms. The predicted octanol–water partition coefficient (Wildman–Crippen LogP) is 7.27. The number of para-hydroxylation sites is 1. The van der Waals surface area contributed by atoms with Gasteiger partial charge in [-0.3, -0.25) is 14.4 Å². The Morgan fingerprint density at radius 2 is 1.73 bits per heavy atom. The average Bonchev–Trinajstić information content (AvgIpc) is 3.40. The lowest BCUT2D eigenvalue weighted by Gasteiger charge is -2.40. The van der Waals surface area contributed by atoms with Gasteiger partial charge in [-0.2, -0.15) is 0 Å². The van der Waals surface area contributed by atoms with Gasteiger partial charge in [-0.25, -0.2) is 0 Å². The number of aryl methyl sites for hydroxylation is 1. The molecule has 0 aliphatic carbocycles. The summed E-state index contributed by atoms with van der Waals surface area (Å²) in [6.45, 7) is 9.77. The number of hydrogen-bond acceptors (Lipinski definition) is 4. The van der Waals surface area contributed by atoms with Crippen molar-refractivity contribution in [3.63, 3.8) is 0 Å². The second kappa shape index (κ2) is 9.70. The topological polar surface area (TPSA) is 66.5 Å². The van der Waals surface area contributed by atoms with Crippen molar-refractivity contribution in [2.45, 2.75) is 65.0 Å². The molecule has 3 aliphatic rings. The Balaban J connectivity index is 1.66. The summed E-state index contributed by atoms with van der Waals surface area (Å²) in [5.74, 6) is -1.48. The van der Waals surface area contributed by atoms with Crippen LogP contribution in [0.1, 0.15) is 68.1 Å². The van der Waals surface area contributed by atoms with Crippen LogP contribution in [-0.4, -0.2) is 29.6 Å². The van der Waals surface area contributed by atoms with Gasteiger partial charge in [-0.1, -0.05) is 94.3 Å². The summed E-state index contributed by atoms with van der Waals surface area (Å²) in [4.78, 5) is 45.9. The monoisotopic (exact) mass is 566 g/mol. The number of nitrogens with zero attached hydrogens (tertiary/aromatic N) is 1. The Labute approximate surface area is 246 Å². The van der Waals surface area contributed by atoms with Gasteiger partial charge >= 0.3 is 0 Å². The highest BCUT2D eigenvalue weighted by atomic mass is 35.5. The molecule has 0 radical (unpaired) electrons. The minimum atomic E-state index is -1.31. The van der Waals surface area contributed by atoms with E-state index in [1.54, 1.807) is 0 Å². The second-order valence-corrected chi connectivity index (χ2v) is 13.0. The fourth-order valence-corrected chi connectivity index (χ4v) is 7.32. The maximum absolute atomic E-state index is 14.9. The van der Waals surface area contributed by atoms with Crippen LogP contribution < -0.4 is 10.2 Å². The molecule has 1 fully saturated rings. The smallest absolute Gasteiger partial charge is 0.238 e. The van der Waals surface area contributed by atoms with E-state index in [9.17, 15) is 14.4 Å². The van der Waals surface area contributed by atoms with Crippen LogP contribution in [0, 0.1) is 11.3 Å². The molecule has 4 unspecified atom stereocenters. The first-order chi connectivity index (χ1) is 19.5. The number of ketones is 2. The van der Waals surface area contributed by atoms with E-state index in [-0.39, 0.29) is 17.5 Å². The lowest BCUT2D eigenvalue weighted by molar-refractivity contribution is -0.128. The number of anilines is 2. The van der Waals surface area contributed by atoms with Crippen molar-refractivity contribution in [2.75, 3.05) is 10.2 Å². The van der Waals surface area contributed by atoms with Crippen molar-refractivity contribution in [3.8, 4) is 0 Å². The lowest BCUT2D eigenvalue weighted by atomic mass is 9.63. The zero-order valence-corrected chi connectivity index (χ0v) is 24.9. The summed E-state index contributed by atoms with van der Waals surface area (Å²) in [6.07, 6.45) is 3.98. The van der Waals surface area contributed by atoms with Gasteiger partial charge in [0, 0.05) is 32.9 Å². The molecule has 3 aliphatic heterocycles. The molecule has 0 saturated carbocycles. The van der Waals surface area contributed by atoms with Crippen molar-refractivity contribution in [1.82, 2.24) is 0 Å². The molecule has 6 rings (SSSR count). The molecule has 6 heteroatoms. The van der Waals surface area contributed by atoms with Gasteiger partial charge < -0.3 is 10.2 Å². The number of fused-ring (bicyclic) bond motifs is 6. The Morgan fingerprint density at radius 3 is 2.41 bits per heavy atom. The van der Waals surface area contributed by atoms with Crippen LogP contribution in [0.5, 0.6) is 0 Å². The Bertz CT molecular complexity index is 1620. The van der Waals surface area contributed by atoms with Crippen LogP contribution in [0.2, 0.25) is 5.02 Å². The molecule has 1 saturated heterocycles. The Kier molecular flexibility index (Phi) is 6.50. The molecule has 5 nitrogen and oxygen atoms in total. The number of carbonyl (C=O) groups excluding carboxylic acids is 3. The zero-order valence-electron chi connectivity index (χ0n) is 24.1. The molecular weight excluding hydrogens is 532 g/mol. The van der Waals surface area contributed by atoms with Gasteiger partial charge in [0.05, 0.1) is 12.0 Å². The van der Waals surface area contributed by atoms with Crippen molar-refractivity contribution in [3.05, 3.63) is 100 Å². The molecule has 1 N–H and O–H groups in total. The van der Waals surface area contributed by atoms with E-state index < -0.39 is 28.8 Å². The van der Waals surface area contributed by atoms with Crippen molar-refractivity contribution in [2.24, 2.45) is 11.3 Å². The third-order valence-electron chi connectivity index (χ3n) is 9.01. The Hall–Kier alpha value is -3.70. The summed E-state index contributed by atoms with van der Waals surface area (Å²) < 4.78 is 0. The molecule has 41 heavy (non-hydrogen) atoms. The average molecular weight is 567 g/mol. The number of halogens is 1. The van der Waals surface area contributed by atoms with Crippen LogP contribution >= 0.6 is 11.6 Å². The highest BCUT2D eigenvalue weighted by Gasteiger charge is 2.71. The van der Waals surface area contributed by atoms with Crippen molar-refractivity contribution in [1.29, 1.82) is 0 Å². The van der Waals surface area contributed by atoms with Crippen LogP contribution in [0.15, 0.2) is 72.8 Å². The van der Waals surface area contributed by atoms with Gasteiger partial charge in [0.2, 0.25) is 5.91 Å². The van der Waals surface area contributed by atoms with Crippen molar-refractivity contribution >= 4 is 46.0 Å². The third kappa shape index (κ3) is 4.00. The van der Waals surface area contributed by atoms with E-state index in [0.29, 0.717) is 16.3 Å². The van der Waals surface area contributed by atoms with Crippen LogP contribution in [0.25, 0.3) is 5.57 Å². The lowest BCUT2D eigenvalue weighted by Crippen LogP contribution is -2.51. The summed E-state index contributed by atoms with van der Waals surface area (Å²) >= 11 is 6.43. The van der Waals surface area contributed by atoms with Gasteiger partial charge in [0.1, 0.15) is 11.5 Å². The molecule has 1 spiro atoms. The fraction of sp³-hybridized carbons (Fsp3) is 0.343. The number of allylic oxidation sites excluding steroid dienone is 1. The highest BCUT2D eigenvalue weighted by molar-refractivity contribution is 6.31. The first-order valence-corrected chi connectivity index (χ1v) is 14.7. The van der Waals surface area contributed by atoms with Gasteiger partial charge in [0.25, 0.3) is 0 Å². The summed E-state index contributed by atoms with van der Waals surface area (Å²) in [5, 5.41) is 3.68. The second-order valence-electron chi connectivity index (χ2n) is 12.6. The normalized spacial score (nSPS) is 24.4. The zero-order chi connectivity index (χ0) is 29.3. The maximum atomic E-state index is 14.9. The van der Waals surface area contributed by atoms with Gasteiger partial charge in [-0.05, 0) is 54.3 Å². The number of nitrogens with one attached hydrogen (secondary N) is 1. The third-order valence-corrected chi connectivity index (χ3v) is 9.24. The minimum Gasteiger partial charge on any atom is -0.352 e. The number of benzene rings is 3. The number of rotatable bonds is 5. The quantitative estimate of drug-likeness (QED) is 0.330. The van der Waals surface area contributed by atoms with E-state index in [1.165, 1.54) is 0 Å². The van der Waals surface area contributed by atoms with E-state index in [1.807, 2.05) is 99.3 Å². The van der Waals surface area contributed by atoms with Crippen LogP contribution in [-0.2, 0) is 21.4 Å². The Morgan fingerprint density at radius 1 is 1.02 bits per heavy atom. The molecule has 0 aromatic heterocycles. The number of carbonyl (C=O) groups is 3. The number of amides is 1. The first-order valence-electron chi connectivity index (χ1n) is 14.3. The standard InChI is InChI=1S/C35H35ClN2O3/c1-6-9-21-12-14-22(15-13-21)31(39)29-30(32(40)34(3,4)5)38-27-17-16-23(36)19-24(27)20(2)18-28(38)35(29)25-10-7-8-11-26(25)37-33(35)41/h7-8,10-19,28-30H,6,9H2,1-5H3,(H,37,41). The molecule has 3 heterocycles. The van der Waals surface area contributed by atoms with Crippen LogP contribution in [0.3, 0.4) is 0 Å². The fourth-order valence-electron chi connectivity index (χ4n) is 7.15. The van der Waals surface area contributed by atoms with E-state index in [4.69, 9.17) is 11.6 Å². The largest absolute Gasteiger partial charge is 0.352 e. The van der Waals surface area contributed by atoms with Gasteiger partial charge in [-0.15, -0.1) is 0 Å². The predicted molar refractivity (Wildman–Crippen MR) is 165 cm³/mol. The summed E-state index contributed by atoms with van der Waals surface area (Å²) in [5.41, 5.74) is 3.71. The molecule has 210 valence electrons. The molecule has 4 atom stereocenters. The van der Waals surface area contributed by atoms with Crippen molar-refractivity contribution < 1.29 is 14.4 Å². The maximum Gasteiger partial charge on any atom is 0.238 e. The summed E-state index contributed by atoms with van der Waals surface area (Å²) in [7, 11) is 0. The number of hydrogen-bond donors (Lipinski definition) is 1. The minimum absolute atomic E-state index is 0.0774. The van der Waals surface area contributed by atoms with E-state index >= 15 is 0 Å². The van der Waals surface area contributed by atoms with Crippen LogP contribution in [0.4, 0.5) is 11.4 Å². The SMILES string of the molecule is CCCc1ccc(C(=O)C2C(C(=O)C(C)(C)C)N3c4ccc(Cl)cc4C(C)=CC3C23C(=O)Nc2ccccc23)cc1. The van der Waals surface area contributed by atoms with Gasteiger partial charge in [0.15, 0.2) is 11.6 Å².